The van der Waals surface area contributed by atoms with Crippen LogP contribution in [-0.4, -0.2) is 23.5 Å². The summed E-state index contributed by atoms with van der Waals surface area (Å²) in [7, 11) is 0. The Hall–Kier alpha value is -1.73. The van der Waals surface area contributed by atoms with Gasteiger partial charge in [-0.05, 0) is 100 Å². The molecule has 1 amide bonds. The topological polar surface area (TPSA) is 38.3 Å². The second-order valence-electron chi connectivity index (χ2n) is 8.94. The molecule has 1 aliphatic rings. The highest BCUT2D eigenvalue weighted by Gasteiger charge is 2.25. The summed E-state index contributed by atoms with van der Waals surface area (Å²) in [4.78, 5) is 13.8. The Bertz CT molecular complexity index is 802. The summed E-state index contributed by atoms with van der Waals surface area (Å²) in [6, 6.07) is 12.9. The van der Waals surface area contributed by atoms with E-state index in [-0.39, 0.29) is 23.8 Å². The number of amides is 1. The van der Waals surface area contributed by atoms with Gasteiger partial charge in [0, 0.05) is 15.8 Å². The number of hydrogen-bond acceptors (Lipinski definition) is 4. The van der Waals surface area contributed by atoms with Crippen LogP contribution < -0.4 is 5.32 Å². The number of carbonyl (C=O) groups excluding carboxylic acids is 1. The molecular weight excluding hydrogens is 448 g/mol. The van der Waals surface area contributed by atoms with Gasteiger partial charge in [0.05, 0.1) is 0 Å². The van der Waals surface area contributed by atoms with E-state index in [0.29, 0.717) is 5.92 Å². The number of benzene rings is 2. The summed E-state index contributed by atoms with van der Waals surface area (Å²) in [5.74, 6) is 1.24. The third-order valence-corrected chi connectivity index (χ3v) is 6.28. The lowest BCUT2D eigenvalue weighted by atomic mass is 9.84. The van der Waals surface area contributed by atoms with Crippen molar-refractivity contribution in [3.05, 3.63) is 60.2 Å². The number of nitrogens with one attached hydrogen (secondary N) is 1. The minimum absolute atomic E-state index is 0.192. The van der Waals surface area contributed by atoms with Crippen LogP contribution in [0.15, 0.2) is 58.3 Å². The highest BCUT2D eigenvalue weighted by molar-refractivity contribution is 7.99. The van der Waals surface area contributed by atoms with Crippen molar-refractivity contribution in [3.63, 3.8) is 0 Å². The Morgan fingerprint density at radius 3 is 2.22 bits per heavy atom. The summed E-state index contributed by atoms with van der Waals surface area (Å²) >= 11 is 5.73. The Morgan fingerprint density at radius 1 is 1.06 bits per heavy atom. The quantitative estimate of drug-likeness (QED) is 0.343. The van der Waals surface area contributed by atoms with E-state index in [2.05, 4.69) is 17.9 Å². The smallest absolute Gasteiger partial charge is 0.407 e. The van der Waals surface area contributed by atoms with Crippen molar-refractivity contribution in [1.82, 2.24) is 5.32 Å². The van der Waals surface area contributed by atoms with Gasteiger partial charge in [-0.25, -0.2) is 13.6 Å². The van der Waals surface area contributed by atoms with Crippen molar-refractivity contribution in [3.8, 4) is 0 Å². The number of rotatable bonds is 5. The fourth-order valence-electron chi connectivity index (χ4n) is 3.47. The van der Waals surface area contributed by atoms with Gasteiger partial charge in [0.2, 0.25) is 0 Å². The molecule has 2 aromatic rings. The van der Waals surface area contributed by atoms with Gasteiger partial charge in [-0.1, -0.05) is 12.8 Å². The molecule has 3 nitrogen and oxygen atoms in total. The second-order valence-corrected chi connectivity index (χ2v) is 10.6. The van der Waals surface area contributed by atoms with Crippen LogP contribution >= 0.6 is 24.4 Å². The molecule has 0 aliphatic heterocycles. The maximum Gasteiger partial charge on any atom is 0.407 e. The zero-order valence-electron chi connectivity index (χ0n) is 18.9. The van der Waals surface area contributed by atoms with Gasteiger partial charge in [0.25, 0.3) is 0 Å². The standard InChI is InChI=1S/C19H28FNO2S.C6H5FS/c1-19(2,3)23-18(22)21-16-6-4-5-14(13-16)11-12-24-17-9-7-15(20)8-10-17;7-5-1-3-6(8)4-2-5/h7-10,14,16H,4-6,11-13H2,1-3H3,(H,21,22);1-4,8H/t14-,16-;/m0./s1. The Balaban J connectivity index is 0.000000380. The largest absolute Gasteiger partial charge is 0.444 e. The molecule has 1 N–H and O–H groups in total. The first-order valence-corrected chi connectivity index (χ1v) is 12.4. The zero-order chi connectivity index (χ0) is 23.6. The van der Waals surface area contributed by atoms with Crippen LogP contribution in [0.3, 0.4) is 0 Å². The Morgan fingerprint density at radius 2 is 1.66 bits per heavy atom. The number of carbonyl (C=O) groups is 1. The van der Waals surface area contributed by atoms with E-state index in [9.17, 15) is 13.6 Å². The van der Waals surface area contributed by atoms with Crippen LogP contribution in [0.4, 0.5) is 13.6 Å². The van der Waals surface area contributed by atoms with E-state index < -0.39 is 5.60 Å². The highest BCUT2D eigenvalue weighted by atomic mass is 32.2. The number of thioether (sulfide) groups is 1. The van der Waals surface area contributed by atoms with E-state index in [1.54, 1.807) is 23.9 Å². The highest BCUT2D eigenvalue weighted by Crippen LogP contribution is 2.30. The zero-order valence-corrected chi connectivity index (χ0v) is 20.7. The van der Waals surface area contributed by atoms with E-state index in [1.165, 1.54) is 30.7 Å². The molecule has 0 spiro atoms. The van der Waals surface area contributed by atoms with E-state index >= 15 is 0 Å². The van der Waals surface area contributed by atoms with Crippen molar-refractivity contribution in [2.75, 3.05) is 5.75 Å². The maximum atomic E-state index is 12.9. The van der Waals surface area contributed by atoms with Crippen LogP contribution in [0.1, 0.15) is 52.9 Å². The average molecular weight is 482 g/mol. The van der Waals surface area contributed by atoms with Gasteiger partial charge in [-0.15, -0.1) is 24.4 Å². The van der Waals surface area contributed by atoms with Crippen LogP contribution in [0.2, 0.25) is 0 Å². The van der Waals surface area contributed by atoms with E-state index in [1.807, 2.05) is 32.9 Å². The van der Waals surface area contributed by atoms with Crippen molar-refractivity contribution >= 4 is 30.5 Å². The van der Waals surface area contributed by atoms with Crippen molar-refractivity contribution in [2.45, 2.75) is 74.3 Å². The maximum absolute atomic E-state index is 12.9. The molecule has 1 fully saturated rings. The van der Waals surface area contributed by atoms with Crippen molar-refractivity contribution < 1.29 is 18.3 Å². The first kappa shape index (κ1) is 26.5. The van der Waals surface area contributed by atoms with Gasteiger partial charge in [-0.3, -0.25) is 0 Å². The predicted octanol–water partition coefficient (Wildman–Crippen LogP) is 7.51. The molecule has 32 heavy (non-hydrogen) atoms. The van der Waals surface area contributed by atoms with Crippen LogP contribution in [-0.2, 0) is 4.74 Å². The first-order valence-electron chi connectivity index (χ1n) is 10.9. The number of thiol groups is 1. The summed E-state index contributed by atoms with van der Waals surface area (Å²) in [6.07, 6.45) is 5.22. The minimum Gasteiger partial charge on any atom is -0.444 e. The van der Waals surface area contributed by atoms with E-state index in [0.717, 1.165) is 41.2 Å². The minimum atomic E-state index is -0.454. The molecule has 176 valence electrons. The number of ether oxygens (including phenoxy) is 1. The third kappa shape index (κ3) is 11.2. The third-order valence-electron chi connectivity index (χ3n) is 4.94. The fraction of sp³-hybridized carbons (Fsp3) is 0.480. The Labute approximate surface area is 200 Å². The van der Waals surface area contributed by atoms with Crippen molar-refractivity contribution in [2.24, 2.45) is 5.92 Å². The molecule has 1 aliphatic carbocycles. The predicted molar refractivity (Wildman–Crippen MR) is 131 cm³/mol. The van der Waals surface area contributed by atoms with Crippen LogP contribution in [0.25, 0.3) is 0 Å². The molecule has 3 rings (SSSR count). The SMILES string of the molecule is CC(C)(C)OC(=O)N[C@H]1CCC[C@@H](CCSc2ccc(F)cc2)C1.Fc1ccc(S)cc1. The lowest BCUT2D eigenvalue weighted by Crippen LogP contribution is -2.41. The molecule has 0 radical (unpaired) electrons. The fourth-order valence-corrected chi connectivity index (χ4v) is 4.64. The molecule has 2 aromatic carbocycles. The van der Waals surface area contributed by atoms with Gasteiger partial charge < -0.3 is 10.1 Å². The van der Waals surface area contributed by atoms with Crippen molar-refractivity contribution in [1.29, 1.82) is 0 Å². The lowest BCUT2D eigenvalue weighted by Gasteiger charge is -2.30. The van der Waals surface area contributed by atoms with Gasteiger partial charge in [-0.2, -0.15) is 0 Å². The van der Waals surface area contributed by atoms with Gasteiger partial charge in [0.15, 0.2) is 0 Å². The molecule has 0 bridgehead atoms. The molecule has 0 saturated heterocycles. The monoisotopic (exact) mass is 481 g/mol. The van der Waals surface area contributed by atoms with Gasteiger partial charge in [0.1, 0.15) is 17.2 Å². The summed E-state index contributed by atoms with van der Waals surface area (Å²) in [5, 5.41) is 3.01. The van der Waals surface area contributed by atoms with Gasteiger partial charge >= 0.3 is 6.09 Å². The number of alkyl carbamates (subject to hydrolysis) is 1. The molecule has 2 atom stereocenters. The second kappa shape index (κ2) is 13.1. The molecule has 7 heteroatoms. The molecular formula is C25H33F2NO2S2. The Kier molecular flexibility index (Phi) is 10.9. The average Bonchev–Trinajstić information content (AvgIpc) is 2.71. The van der Waals surface area contributed by atoms with E-state index in [4.69, 9.17) is 4.74 Å². The normalized spacial score (nSPS) is 18.3. The summed E-state index contributed by atoms with van der Waals surface area (Å²) < 4.78 is 30.3. The van der Waals surface area contributed by atoms with Crippen LogP contribution in [0.5, 0.6) is 0 Å². The van der Waals surface area contributed by atoms with Crippen LogP contribution in [0, 0.1) is 17.6 Å². The summed E-state index contributed by atoms with van der Waals surface area (Å²) in [5.41, 5.74) is -0.454. The number of halogens is 2. The molecule has 1 saturated carbocycles. The molecule has 0 aromatic heterocycles. The first-order chi connectivity index (χ1) is 15.1. The summed E-state index contributed by atoms with van der Waals surface area (Å²) in [6.45, 7) is 5.63. The number of hydrogen-bond donors (Lipinski definition) is 2. The molecule has 0 unspecified atom stereocenters. The lowest BCUT2D eigenvalue weighted by molar-refractivity contribution is 0.0484. The molecule has 0 heterocycles.